The van der Waals surface area contributed by atoms with Crippen LogP contribution in [0.5, 0.6) is 0 Å². The van der Waals surface area contributed by atoms with Crippen molar-refractivity contribution in [3.8, 4) is 0 Å². The number of rotatable bonds is 12. The summed E-state index contributed by atoms with van der Waals surface area (Å²) in [6.45, 7) is 2.64. The first-order valence-electron chi connectivity index (χ1n) is 8.02. The van der Waals surface area contributed by atoms with E-state index in [0.717, 1.165) is 6.42 Å². The Morgan fingerprint density at radius 1 is 0.611 bits per heavy atom. The summed E-state index contributed by atoms with van der Waals surface area (Å²) in [6.07, 6.45) is 16.2. The Bertz CT molecular complexity index is 106. The minimum atomic E-state index is 0.372. The number of hydrogen-bond acceptors (Lipinski definition) is 2. The summed E-state index contributed by atoms with van der Waals surface area (Å²) in [5, 5.41) is 11.4. The first kappa shape index (κ1) is 20.2. The monoisotopic (exact) mass is 259 g/mol. The van der Waals surface area contributed by atoms with Gasteiger partial charge in [0.1, 0.15) is 0 Å². The van der Waals surface area contributed by atoms with Crippen molar-refractivity contribution in [3.63, 3.8) is 0 Å². The molecule has 0 saturated heterocycles. The summed E-state index contributed by atoms with van der Waals surface area (Å²) >= 11 is 0. The van der Waals surface area contributed by atoms with E-state index in [1.807, 2.05) is 14.1 Å². The molecule has 0 atom stereocenters. The van der Waals surface area contributed by atoms with Crippen LogP contribution in [0.2, 0.25) is 0 Å². The normalized spacial score (nSPS) is 10.0. The molecule has 0 aliphatic rings. The average Bonchev–Trinajstić information content (AvgIpc) is 2.37. The Balaban J connectivity index is 0. The van der Waals surface area contributed by atoms with Gasteiger partial charge < -0.3 is 10.4 Å². The van der Waals surface area contributed by atoms with Crippen molar-refractivity contribution < 1.29 is 5.11 Å². The van der Waals surface area contributed by atoms with Crippen molar-refractivity contribution in [2.24, 2.45) is 0 Å². The van der Waals surface area contributed by atoms with E-state index in [1.54, 1.807) is 0 Å². The van der Waals surface area contributed by atoms with E-state index in [0.29, 0.717) is 6.61 Å². The number of hydrogen-bond donors (Lipinski definition) is 2. The molecule has 0 aliphatic carbocycles. The Morgan fingerprint density at radius 2 is 0.889 bits per heavy atom. The predicted molar refractivity (Wildman–Crippen MR) is 83.1 cm³/mol. The van der Waals surface area contributed by atoms with Gasteiger partial charge in [-0.05, 0) is 20.5 Å². The summed E-state index contributed by atoms with van der Waals surface area (Å²) in [7, 11) is 3.75. The van der Waals surface area contributed by atoms with Crippen molar-refractivity contribution in [1.29, 1.82) is 0 Å². The molecule has 0 aliphatic heterocycles. The molecule has 0 amide bonds. The molecule has 0 heterocycles. The number of aliphatic hydroxyl groups is 1. The van der Waals surface area contributed by atoms with Crippen LogP contribution in [0.15, 0.2) is 0 Å². The summed E-state index contributed by atoms with van der Waals surface area (Å²) < 4.78 is 0. The third-order valence-corrected chi connectivity index (χ3v) is 3.01. The van der Waals surface area contributed by atoms with Gasteiger partial charge in [0.25, 0.3) is 0 Å². The lowest BCUT2D eigenvalue weighted by atomic mass is 10.1. The maximum Gasteiger partial charge on any atom is 0.0431 e. The zero-order valence-electron chi connectivity index (χ0n) is 13.1. The van der Waals surface area contributed by atoms with Crippen molar-refractivity contribution >= 4 is 0 Å². The molecule has 0 bridgehead atoms. The van der Waals surface area contributed by atoms with Crippen LogP contribution in [0.25, 0.3) is 0 Å². The third-order valence-electron chi connectivity index (χ3n) is 3.01. The Kier molecular flexibility index (Phi) is 24.9. The second kappa shape index (κ2) is 22.1. The lowest BCUT2D eigenvalue weighted by molar-refractivity contribution is 0.282. The van der Waals surface area contributed by atoms with E-state index in [9.17, 15) is 0 Å². The van der Waals surface area contributed by atoms with Gasteiger partial charge in [-0.25, -0.2) is 0 Å². The highest BCUT2D eigenvalue weighted by Gasteiger charge is 1.92. The fourth-order valence-electron chi connectivity index (χ4n) is 1.95. The molecular weight excluding hydrogens is 222 g/mol. The molecule has 18 heavy (non-hydrogen) atoms. The highest BCUT2D eigenvalue weighted by molar-refractivity contribution is 4.47. The standard InChI is InChI=1S/C14H30O.C2H7N/c1-2-3-4-5-6-7-8-9-10-11-12-13-14-15;1-3-2/h15H,2-14H2,1H3;3H,1-2H3. The van der Waals surface area contributed by atoms with Gasteiger partial charge in [-0.2, -0.15) is 0 Å². The SMILES string of the molecule is CCCCCCCCCCCCCCO.CNC. The van der Waals surface area contributed by atoms with Gasteiger partial charge in [-0.3, -0.25) is 0 Å². The Morgan fingerprint density at radius 3 is 1.17 bits per heavy atom. The molecule has 0 fully saturated rings. The molecule has 2 heteroatoms. The molecule has 112 valence electrons. The zero-order chi connectivity index (χ0) is 13.9. The Hall–Kier alpha value is -0.0800. The molecule has 0 rings (SSSR count). The highest BCUT2D eigenvalue weighted by atomic mass is 16.2. The van der Waals surface area contributed by atoms with Gasteiger partial charge in [0, 0.05) is 6.61 Å². The van der Waals surface area contributed by atoms with Crippen LogP contribution < -0.4 is 5.32 Å². The topological polar surface area (TPSA) is 32.3 Å². The maximum absolute atomic E-state index is 8.61. The van der Waals surface area contributed by atoms with Gasteiger partial charge in [-0.15, -0.1) is 0 Å². The molecule has 2 N–H and O–H groups in total. The summed E-state index contributed by atoms with van der Waals surface area (Å²) in [4.78, 5) is 0. The fraction of sp³-hybridized carbons (Fsp3) is 1.00. The van der Waals surface area contributed by atoms with Crippen LogP contribution >= 0.6 is 0 Å². The lowest BCUT2D eigenvalue weighted by Gasteiger charge is -2.01. The Labute approximate surface area is 116 Å². The van der Waals surface area contributed by atoms with E-state index in [-0.39, 0.29) is 0 Å². The molecule has 2 nitrogen and oxygen atoms in total. The second-order valence-corrected chi connectivity index (χ2v) is 5.11. The first-order chi connectivity index (χ1) is 8.83. The minimum Gasteiger partial charge on any atom is -0.396 e. The van der Waals surface area contributed by atoms with Gasteiger partial charge in [-0.1, -0.05) is 77.6 Å². The number of aliphatic hydroxyl groups excluding tert-OH is 1. The van der Waals surface area contributed by atoms with Gasteiger partial charge in [0.15, 0.2) is 0 Å². The fourth-order valence-corrected chi connectivity index (χ4v) is 1.95. The average molecular weight is 259 g/mol. The van der Waals surface area contributed by atoms with E-state index in [2.05, 4.69) is 12.2 Å². The van der Waals surface area contributed by atoms with Crippen LogP contribution in [0.1, 0.15) is 84.0 Å². The minimum absolute atomic E-state index is 0.372. The predicted octanol–water partition coefficient (Wildman–Crippen LogP) is 4.52. The molecule has 0 unspecified atom stereocenters. The quantitative estimate of drug-likeness (QED) is 0.505. The molecule has 0 saturated carbocycles. The zero-order valence-corrected chi connectivity index (χ0v) is 13.1. The lowest BCUT2D eigenvalue weighted by Crippen LogP contribution is -1.89. The van der Waals surface area contributed by atoms with Crippen molar-refractivity contribution in [1.82, 2.24) is 5.32 Å². The molecule has 0 radical (unpaired) electrons. The molecule has 0 aromatic heterocycles. The summed E-state index contributed by atoms with van der Waals surface area (Å²) in [6, 6.07) is 0. The molecular formula is C16H37NO. The van der Waals surface area contributed by atoms with Crippen LogP contribution in [0.3, 0.4) is 0 Å². The molecule has 0 aromatic carbocycles. The van der Waals surface area contributed by atoms with Crippen molar-refractivity contribution in [2.45, 2.75) is 84.0 Å². The smallest absolute Gasteiger partial charge is 0.0431 e. The van der Waals surface area contributed by atoms with Crippen LogP contribution in [0.4, 0.5) is 0 Å². The summed E-state index contributed by atoms with van der Waals surface area (Å²) in [5.74, 6) is 0. The first-order valence-corrected chi connectivity index (χ1v) is 8.02. The second-order valence-electron chi connectivity index (χ2n) is 5.11. The van der Waals surface area contributed by atoms with E-state index < -0.39 is 0 Å². The van der Waals surface area contributed by atoms with Crippen LogP contribution in [0, 0.1) is 0 Å². The van der Waals surface area contributed by atoms with Gasteiger partial charge in [0.2, 0.25) is 0 Å². The molecule has 0 aromatic rings. The largest absolute Gasteiger partial charge is 0.396 e. The van der Waals surface area contributed by atoms with Crippen molar-refractivity contribution in [2.75, 3.05) is 20.7 Å². The number of unbranched alkanes of at least 4 members (excludes halogenated alkanes) is 11. The van der Waals surface area contributed by atoms with Gasteiger partial charge in [0.05, 0.1) is 0 Å². The van der Waals surface area contributed by atoms with Gasteiger partial charge >= 0.3 is 0 Å². The number of nitrogens with one attached hydrogen (secondary N) is 1. The van der Waals surface area contributed by atoms with E-state index in [4.69, 9.17) is 5.11 Å². The summed E-state index contributed by atoms with van der Waals surface area (Å²) in [5.41, 5.74) is 0. The third kappa shape index (κ3) is 24.9. The maximum atomic E-state index is 8.61. The van der Waals surface area contributed by atoms with Crippen molar-refractivity contribution in [3.05, 3.63) is 0 Å². The van der Waals surface area contributed by atoms with E-state index >= 15 is 0 Å². The highest BCUT2D eigenvalue weighted by Crippen LogP contribution is 2.11. The van der Waals surface area contributed by atoms with Crippen LogP contribution in [-0.4, -0.2) is 25.8 Å². The van der Waals surface area contributed by atoms with E-state index in [1.165, 1.54) is 70.6 Å². The van der Waals surface area contributed by atoms with Crippen LogP contribution in [-0.2, 0) is 0 Å². The molecule has 0 spiro atoms.